The average Bonchev–Trinajstić information content (AvgIpc) is 2.52. The molecule has 2 nitrogen and oxygen atoms in total. The van der Waals surface area contributed by atoms with Gasteiger partial charge in [0.25, 0.3) is 0 Å². The number of halogens is 4. The second-order valence-electron chi connectivity index (χ2n) is 4.12. The van der Waals surface area contributed by atoms with Gasteiger partial charge in [0.1, 0.15) is 0 Å². The summed E-state index contributed by atoms with van der Waals surface area (Å²) in [5.74, 6) is 0. The van der Waals surface area contributed by atoms with Crippen molar-refractivity contribution in [1.82, 2.24) is 0 Å². The van der Waals surface area contributed by atoms with Crippen LogP contribution in [0.25, 0.3) is 0 Å². The Morgan fingerprint density at radius 1 is 0.652 bits per heavy atom. The van der Waals surface area contributed by atoms with Crippen LogP contribution >= 0.6 is 83.5 Å². The minimum atomic E-state index is 0. The summed E-state index contributed by atoms with van der Waals surface area (Å²) in [7, 11) is 0. The van der Waals surface area contributed by atoms with E-state index < -0.39 is 0 Å². The van der Waals surface area contributed by atoms with Crippen molar-refractivity contribution in [2.24, 2.45) is 11.5 Å². The zero-order valence-electron chi connectivity index (χ0n) is 12.8. The van der Waals surface area contributed by atoms with Crippen molar-refractivity contribution in [3.63, 3.8) is 0 Å². The van der Waals surface area contributed by atoms with Gasteiger partial charge in [0, 0.05) is 0 Å². The van der Waals surface area contributed by atoms with Crippen LogP contribution in [-0.2, 0) is 12.8 Å². The zero-order valence-corrected chi connectivity index (χ0v) is 25.7. The Labute approximate surface area is 204 Å². The normalized spacial score (nSPS) is 8.17. The van der Waals surface area contributed by atoms with Gasteiger partial charge in [-0.05, 0) is 37.1 Å². The monoisotopic (exact) mass is 960 g/mol. The van der Waals surface area contributed by atoms with Gasteiger partial charge in [-0.15, -0.1) is 48.0 Å². The van der Waals surface area contributed by atoms with E-state index in [0.717, 1.165) is 25.9 Å². The van der Waals surface area contributed by atoms with Gasteiger partial charge >= 0.3 is 51.2 Å². The molecule has 2 rings (SSSR count). The van der Waals surface area contributed by atoms with E-state index >= 15 is 0 Å². The summed E-state index contributed by atoms with van der Waals surface area (Å²) >= 11 is 4.96. The van der Waals surface area contributed by atoms with Gasteiger partial charge in [0.2, 0.25) is 0 Å². The molecule has 0 saturated heterocycles. The number of hydrogen-bond donors (Lipinski definition) is 2. The third kappa shape index (κ3) is 20.4. The molecule has 2 aromatic carbocycles. The molecule has 0 bridgehead atoms. The topological polar surface area (TPSA) is 52.0 Å². The Morgan fingerprint density at radius 2 is 0.913 bits per heavy atom. The van der Waals surface area contributed by atoms with E-state index in [4.69, 9.17) is 11.5 Å². The van der Waals surface area contributed by atoms with Gasteiger partial charge in [0.05, 0.1) is 0 Å². The first-order chi connectivity index (χ1) is 10.3. The molecule has 4 N–H and O–H groups in total. The summed E-state index contributed by atoms with van der Waals surface area (Å²) < 4.78 is 0. The number of nitrogens with two attached hydrogens (primary N) is 2. The van der Waals surface area contributed by atoms with Crippen molar-refractivity contribution in [2.45, 2.75) is 12.8 Å². The fraction of sp³-hybridized carbons (Fsp3) is 0.250. The van der Waals surface area contributed by atoms with Crippen molar-refractivity contribution in [3.8, 4) is 0 Å². The van der Waals surface area contributed by atoms with Crippen LogP contribution in [0.5, 0.6) is 0 Å². The summed E-state index contributed by atoms with van der Waals surface area (Å²) in [6.45, 7) is 1.48. The van der Waals surface area contributed by atoms with Crippen molar-refractivity contribution in [2.75, 3.05) is 13.1 Å². The molecule has 0 fully saturated rings. The molecule has 23 heavy (non-hydrogen) atoms. The van der Waals surface area contributed by atoms with E-state index in [-0.39, 0.29) is 63.6 Å². The Hall–Kier alpha value is 2.20. The molecule has 0 aliphatic carbocycles. The van der Waals surface area contributed by atoms with E-state index in [2.05, 4.69) is 59.8 Å². The summed E-state index contributed by atoms with van der Waals surface area (Å²) in [5, 5.41) is 0. The molecular formula is C16H24I4N2Pb. The molecule has 0 atom stereocenters. The molecule has 0 unspecified atom stereocenters. The first kappa shape index (κ1) is 29.9. The molecule has 0 saturated carbocycles. The van der Waals surface area contributed by atoms with E-state index in [1.807, 2.05) is 36.4 Å². The number of hydrogen-bond acceptors (Lipinski definition) is 2. The van der Waals surface area contributed by atoms with Crippen LogP contribution in [0.4, 0.5) is 0 Å². The average molecular weight is 959 g/mol. The molecule has 0 aliphatic heterocycles. The molecule has 0 amide bonds. The summed E-state index contributed by atoms with van der Waals surface area (Å²) in [6.07, 6.45) is 1.97. The third-order valence-corrected chi connectivity index (χ3v) is 2.55. The fourth-order valence-corrected chi connectivity index (χ4v) is 1.62. The Bertz CT molecular complexity index is 391. The van der Waals surface area contributed by atoms with Crippen molar-refractivity contribution in [3.05, 3.63) is 71.8 Å². The van der Waals surface area contributed by atoms with E-state index in [1.165, 1.54) is 11.1 Å². The maximum absolute atomic E-state index is 5.36. The SMILES string of the molecule is I.I.NCCc1ccccc1.NCCc1ccccc1.[I][Pb][I]. The molecule has 0 heterocycles. The van der Waals surface area contributed by atoms with Crippen molar-refractivity contribution < 1.29 is 0 Å². The summed E-state index contributed by atoms with van der Waals surface area (Å²) in [6, 6.07) is 20.5. The second kappa shape index (κ2) is 24.2. The van der Waals surface area contributed by atoms with Gasteiger partial charge < -0.3 is 11.5 Å². The van der Waals surface area contributed by atoms with Gasteiger partial charge in [-0.2, -0.15) is 0 Å². The number of benzene rings is 2. The van der Waals surface area contributed by atoms with E-state index in [9.17, 15) is 0 Å². The summed E-state index contributed by atoms with van der Waals surface area (Å²) in [5.41, 5.74) is 13.4. The second-order valence-corrected chi connectivity index (χ2v) is 32.3. The van der Waals surface area contributed by atoms with Crippen LogP contribution in [0.3, 0.4) is 0 Å². The van der Waals surface area contributed by atoms with Gasteiger partial charge in [-0.1, -0.05) is 60.7 Å². The van der Waals surface area contributed by atoms with Crippen LogP contribution in [-0.4, -0.2) is 28.7 Å². The van der Waals surface area contributed by atoms with Crippen LogP contribution in [0.15, 0.2) is 60.7 Å². The molecule has 130 valence electrons. The van der Waals surface area contributed by atoms with E-state index in [0.29, 0.717) is 0 Å². The van der Waals surface area contributed by atoms with Crippen LogP contribution in [0.1, 0.15) is 11.1 Å². The van der Waals surface area contributed by atoms with Crippen molar-refractivity contribution in [1.29, 1.82) is 0 Å². The molecule has 0 spiro atoms. The number of rotatable bonds is 4. The molecule has 0 aromatic heterocycles. The molecule has 2 radical (unpaired) electrons. The Balaban J connectivity index is -0.000000277. The quantitative estimate of drug-likeness (QED) is 0.336. The Morgan fingerprint density at radius 3 is 1.13 bits per heavy atom. The first-order valence-corrected chi connectivity index (χ1v) is 28.6. The van der Waals surface area contributed by atoms with Gasteiger partial charge in [-0.3, -0.25) is 0 Å². The van der Waals surface area contributed by atoms with Crippen LogP contribution in [0, 0.1) is 0 Å². The summed E-state index contributed by atoms with van der Waals surface area (Å²) in [4.78, 5) is 0. The minimum absolute atomic E-state index is 0. The standard InChI is InChI=1S/2C8H11N.4HI.Pb/c2*9-7-6-8-4-2-1-3-5-8;;;;;/h2*1-5H,6-7,9H2;4*1H;/q;;;;;;+2/p-2. The van der Waals surface area contributed by atoms with Crippen molar-refractivity contribution >= 4 is 99.1 Å². The molecule has 7 heteroatoms. The van der Waals surface area contributed by atoms with Crippen LogP contribution in [0.2, 0.25) is 0 Å². The third-order valence-electron chi connectivity index (χ3n) is 2.55. The van der Waals surface area contributed by atoms with Gasteiger partial charge in [0.15, 0.2) is 0 Å². The fourth-order valence-electron chi connectivity index (χ4n) is 1.62. The Kier molecular flexibility index (Phi) is 31.5. The maximum atomic E-state index is 5.36. The van der Waals surface area contributed by atoms with Gasteiger partial charge in [-0.25, -0.2) is 0 Å². The molecular weight excluding hydrogens is 935 g/mol. The van der Waals surface area contributed by atoms with E-state index in [1.54, 1.807) is 0 Å². The predicted octanol–water partition coefficient (Wildman–Crippen LogP) is 5.00. The van der Waals surface area contributed by atoms with Crippen LogP contribution < -0.4 is 11.5 Å². The first-order valence-electron chi connectivity index (χ1n) is 6.72. The predicted molar refractivity (Wildman–Crippen MR) is 143 cm³/mol. The molecule has 2 aromatic rings. The zero-order chi connectivity index (χ0) is 15.8. The molecule has 0 aliphatic rings.